The average Bonchev–Trinajstić information content (AvgIpc) is 3.74. The number of hydrogen-bond acceptors (Lipinski definition) is 3. The van der Waals surface area contributed by atoms with Gasteiger partial charge in [-0.1, -0.05) is 41.4 Å². The number of anilines is 1. The number of halogens is 3. The lowest BCUT2D eigenvalue weighted by Gasteiger charge is -2.37. The molecule has 5 aliphatic carbocycles. The Morgan fingerprint density at radius 1 is 0.882 bits per heavy atom. The highest BCUT2D eigenvalue weighted by Gasteiger charge is 2.67. The lowest BCUT2D eigenvalue weighted by Crippen LogP contribution is -2.40. The van der Waals surface area contributed by atoms with Gasteiger partial charge in [-0.05, 0) is 78.3 Å². The predicted octanol–water partition coefficient (Wildman–Crippen LogP) is 5.68. The zero-order valence-electron chi connectivity index (χ0n) is 18.0. The molecule has 6 aliphatic rings. The van der Waals surface area contributed by atoms with Crippen molar-refractivity contribution in [2.45, 2.75) is 18.8 Å². The molecule has 0 spiro atoms. The number of carbonyl (C=O) groups is 3. The highest BCUT2D eigenvalue weighted by Crippen LogP contribution is 2.65. The van der Waals surface area contributed by atoms with Gasteiger partial charge < -0.3 is 0 Å². The van der Waals surface area contributed by atoms with E-state index in [1.807, 2.05) is 0 Å². The molecule has 4 nitrogen and oxygen atoms in total. The Balaban J connectivity index is 1.13. The average molecular weight is 496 g/mol. The molecule has 3 saturated carbocycles. The molecule has 1 heterocycles. The molecular formula is C27H20Cl2FNO3. The number of benzene rings is 2. The molecule has 172 valence electrons. The number of Topliss-reactive ketones (excluding diaryl/α,β-unsaturated/α-hetero) is 1. The fraction of sp³-hybridized carbons (Fsp3) is 0.370. The number of ketones is 1. The van der Waals surface area contributed by atoms with E-state index in [0.29, 0.717) is 39.4 Å². The van der Waals surface area contributed by atoms with Gasteiger partial charge in [0, 0.05) is 11.5 Å². The monoisotopic (exact) mass is 495 g/mol. The van der Waals surface area contributed by atoms with Crippen molar-refractivity contribution in [3.8, 4) is 0 Å². The summed E-state index contributed by atoms with van der Waals surface area (Å²) in [4.78, 5) is 40.5. The van der Waals surface area contributed by atoms with Crippen molar-refractivity contribution in [3.63, 3.8) is 0 Å². The molecule has 2 aromatic rings. The quantitative estimate of drug-likeness (QED) is 0.311. The van der Waals surface area contributed by atoms with Crippen LogP contribution in [-0.2, 0) is 9.59 Å². The first-order chi connectivity index (χ1) is 16.3. The molecule has 34 heavy (non-hydrogen) atoms. The van der Waals surface area contributed by atoms with Gasteiger partial charge in [0.05, 0.1) is 27.6 Å². The van der Waals surface area contributed by atoms with E-state index in [0.717, 1.165) is 11.3 Å². The van der Waals surface area contributed by atoms with Crippen LogP contribution in [0.3, 0.4) is 0 Å². The molecule has 0 radical (unpaired) electrons. The number of allylic oxidation sites excluding steroid dienone is 2. The van der Waals surface area contributed by atoms with E-state index < -0.39 is 5.82 Å². The number of rotatable bonds is 4. The Bertz CT molecular complexity index is 1300. The lowest BCUT2D eigenvalue weighted by atomic mass is 9.63. The second kappa shape index (κ2) is 7.02. The van der Waals surface area contributed by atoms with Crippen LogP contribution in [0, 0.1) is 47.2 Å². The van der Waals surface area contributed by atoms with E-state index in [1.165, 1.54) is 12.1 Å². The molecular weight excluding hydrogens is 476 g/mol. The molecule has 8 rings (SSSR count). The molecule has 2 bridgehead atoms. The zero-order valence-corrected chi connectivity index (χ0v) is 19.5. The van der Waals surface area contributed by atoms with Crippen molar-refractivity contribution in [2.24, 2.45) is 41.4 Å². The van der Waals surface area contributed by atoms with E-state index >= 15 is 4.39 Å². The number of imide groups is 1. The minimum atomic E-state index is -0.601. The van der Waals surface area contributed by atoms with Gasteiger partial charge in [0.2, 0.25) is 11.8 Å². The standard InChI is InChI=1S/C27H20Cl2FNO3/c28-19-5-1-12(7-20(19)29)25(32)18-9-15(18)11-2-6-22(21(30)8-11)31-26(33)23-13-3-4-14(17-10-16(13)17)24(23)27(31)34/h1-8,13-18,23-24H,9-10H2/t13-,14+,15?,16+,17-,18?,23-,24+. The summed E-state index contributed by atoms with van der Waals surface area (Å²) in [5.41, 5.74) is 1.20. The van der Waals surface area contributed by atoms with Crippen LogP contribution < -0.4 is 4.90 Å². The van der Waals surface area contributed by atoms with Crippen LogP contribution in [0.5, 0.6) is 0 Å². The Kier molecular flexibility index (Phi) is 4.30. The molecule has 7 heteroatoms. The topological polar surface area (TPSA) is 54.5 Å². The van der Waals surface area contributed by atoms with Gasteiger partial charge in [0.15, 0.2) is 5.78 Å². The minimum Gasteiger partial charge on any atom is -0.294 e. The maximum Gasteiger partial charge on any atom is 0.238 e. The Morgan fingerprint density at radius 3 is 2.18 bits per heavy atom. The Labute approximate surface area is 205 Å². The Hall–Kier alpha value is -2.50. The molecule has 2 unspecified atom stereocenters. The van der Waals surface area contributed by atoms with Crippen molar-refractivity contribution in [1.29, 1.82) is 0 Å². The number of nitrogens with zero attached hydrogens (tertiary/aromatic N) is 1. The van der Waals surface area contributed by atoms with Crippen LogP contribution in [-0.4, -0.2) is 17.6 Å². The van der Waals surface area contributed by atoms with Crippen molar-refractivity contribution >= 4 is 46.5 Å². The van der Waals surface area contributed by atoms with E-state index in [2.05, 4.69) is 12.2 Å². The maximum absolute atomic E-state index is 15.3. The first kappa shape index (κ1) is 20.8. The van der Waals surface area contributed by atoms with Crippen LogP contribution >= 0.6 is 23.2 Å². The largest absolute Gasteiger partial charge is 0.294 e. The van der Waals surface area contributed by atoms with E-state index in [1.54, 1.807) is 24.3 Å². The summed E-state index contributed by atoms with van der Waals surface area (Å²) >= 11 is 12.0. The Morgan fingerprint density at radius 2 is 1.56 bits per heavy atom. The summed E-state index contributed by atoms with van der Waals surface area (Å²) in [6.07, 6.45) is 5.91. The molecule has 1 aliphatic heterocycles. The summed E-state index contributed by atoms with van der Waals surface area (Å²) < 4.78 is 15.3. The number of carbonyl (C=O) groups excluding carboxylic acids is 3. The first-order valence-electron chi connectivity index (χ1n) is 11.7. The van der Waals surface area contributed by atoms with Crippen LogP contribution in [0.25, 0.3) is 0 Å². The van der Waals surface area contributed by atoms with Crippen molar-refractivity contribution in [3.05, 3.63) is 75.5 Å². The third kappa shape index (κ3) is 2.80. The summed E-state index contributed by atoms with van der Waals surface area (Å²) in [5.74, 6) is -1.08. The fourth-order valence-corrected chi connectivity index (χ4v) is 7.14. The molecule has 0 N–H and O–H groups in total. The van der Waals surface area contributed by atoms with E-state index in [9.17, 15) is 14.4 Å². The smallest absolute Gasteiger partial charge is 0.238 e. The highest BCUT2D eigenvalue weighted by atomic mass is 35.5. The van der Waals surface area contributed by atoms with Gasteiger partial charge in [0.1, 0.15) is 5.82 Å². The minimum absolute atomic E-state index is 0.0224. The lowest BCUT2D eigenvalue weighted by molar-refractivity contribution is -0.124. The van der Waals surface area contributed by atoms with Gasteiger partial charge in [0.25, 0.3) is 0 Å². The van der Waals surface area contributed by atoms with Crippen molar-refractivity contribution < 1.29 is 18.8 Å². The van der Waals surface area contributed by atoms with Gasteiger partial charge >= 0.3 is 0 Å². The molecule has 2 amide bonds. The van der Waals surface area contributed by atoms with Crippen LogP contribution in [0.1, 0.15) is 34.7 Å². The van der Waals surface area contributed by atoms with Gasteiger partial charge in [-0.2, -0.15) is 0 Å². The third-order valence-electron chi connectivity index (χ3n) is 8.63. The third-order valence-corrected chi connectivity index (χ3v) is 9.37. The van der Waals surface area contributed by atoms with Crippen LogP contribution in [0.4, 0.5) is 10.1 Å². The van der Waals surface area contributed by atoms with Crippen molar-refractivity contribution in [1.82, 2.24) is 0 Å². The molecule has 8 atom stereocenters. The van der Waals surface area contributed by atoms with Crippen LogP contribution in [0.2, 0.25) is 10.0 Å². The zero-order chi connectivity index (χ0) is 23.5. The number of amides is 2. The highest BCUT2D eigenvalue weighted by molar-refractivity contribution is 6.42. The molecule has 0 aromatic heterocycles. The van der Waals surface area contributed by atoms with Gasteiger partial charge in [-0.25, -0.2) is 9.29 Å². The second-order valence-corrected chi connectivity index (χ2v) is 11.1. The molecule has 1 saturated heterocycles. The van der Waals surface area contributed by atoms with Gasteiger partial charge in [-0.15, -0.1) is 0 Å². The van der Waals surface area contributed by atoms with Crippen LogP contribution in [0.15, 0.2) is 48.6 Å². The second-order valence-electron chi connectivity index (χ2n) is 10.3. The number of hydrogen-bond donors (Lipinski definition) is 0. The molecule has 4 fully saturated rings. The maximum atomic E-state index is 15.3. The molecule has 2 aromatic carbocycles. The first-order valence-corrected chi connectivity index (χ1v) is 12.5. The normalized spacial score (nSPS) is 36.5. The van der Waals surface area contributed by atoms with E-state index in [4.69, 9.17) is 23.2 Å². The van der Waals surface area contributed by atoms with Gasteiger partial charge in [-0.3, -0.25) is 14.4 Å². The van der Waals surface area contributed by atoms with E-state index in [-0.39, 0.29) is 58.8 Å². The fourth-order valence-electron chi connectivity index (χ4n) is 6.85. The summed E-state index contributed by atoms with van der Waals surface area (Å²) in [6, 6.07) is 9.42. The summed E-state index contributed by atoms with van der Waals surface area (Å²) in [5, 5.41) is 0.705. The summed E-state index contributed by atoms with van der Waals surface area (Å²) in [6.45, 7) is 0. The SMILES string of the molecule is O=C(c1ccc(Cl)c(Cl)c1)C1CC1c1ccc(N2C(=O)[C@@H]3[C@@H]4C=C[C@@H]([C@H]5C[C@@H]45)[C@@H]3C2=O)c(F)c1. The summed E-state index contributed by atoms with van der Waals surface area (Å²) in [7, 11) is 0. The predicted molar refractivity (Wildman–Crippen MR) is 125 cm³/mol. The van der Waals surface area contributed by atoms with Crippen molar-refractivity contribution in [2.75, 3.05) is 4.90 Å².